The second-order valence-corrected chi connectivity index (χ2v) is 17.0. The van der Waals surface area contributed by atoms with Crippen molar-refractivity contribution < 1.29 is 43.0 Å². The molecule has 1 atom stereocenters. The highest BCUT2D eigenvalue weighted by atomic mass is 16.5. The summed E-state index contributed by atoms with van der Waals surface area (Å²) < 4.78 is 13.4. The van der Waals surface area contributed by atoms with Gasteiger partial charge >= 0.3 is 5.97 Å². The molecule has 2 saturated heterocycles. The van der Waals surface area contributed by atoms with Gasteiger partial charge in [-0.3, -0.25) is 43.9 Å². The third-order valence-corrected chi connectivity index (χ3v) is 12.1. The highest BCUT2D eigenvalue weighted by Crippen LogP contribution is 2.40. The molecule has 5 aromatic rings. The molecular formula is C49H52N10O9. The first-order valence-electron chi connectivity index (χ1n) is 22.4. The number of unbranched alkanes of at least 4 members (excludes halogenated alkanes) is 1. The smallest absolute Gasteiger partial charge is 0.342 e. The van der Waals surface area contributed by atoms with Crippen molar-refractivity contribution in [2.75, 3.05) is 60.7 Å². The van der Waals surface area contributed by atoms with Crippen LogP contribution >= 0.6 is 0 Å². The number of esters is 1. The van der Waals surface area contributed by atoms with Gasteiger partial charge in [0, 0.05) is 81.0 Å². The number of piperidine rings is 1. The van der Waals surface area contributed by atoms with Crippen LogP contribution in [0.5, 0.6) is 5.75 Å². The minimum absolute atomic E-state index is 0.00594. The van der Waals surface area contributed by atoms with Crippen molar-refractivity contribution in [3.8, 4) is 17.0 Å². The molecule has 8 rings (SSSR count). The number of nitrogens with zero attached hydrogens (tertiary/aromatic N) is 6. The molecular weight excluding hydrogens is 873 g/mol. The van der Waals surface area contributed by atoms with E-state index in [-0.39, 0.29) is 59.6 Å². The van der Waals surface area contributed by atoms with Crippen molar-refractivity contribution in [2.24, 2.45) is 7.05 Å². The number of amides is 6. The van der Waals surface area contributed by atoms with Crippen LogP contribution in [0.25, 0.3) is 22.2 Å². The minimum Gasteiger partial charge on any atom is -0.494 e. The number of ether oxygens (including phenoxy) is 2. The van der Waals surface area contributed by atoms with Crippen LogP contribution in [-0.2, 0) is 31.0 Å². The fourth-order valence-electron chi connectivity index (χ4n) is 8.77. The number of rotatable bonds is 16. The van der Waals surface area contributed by atoms with Gasteiger partial charge < -0.3 is 34.9 Å². The van der Waals surface area contributed by atoms with Crippen LogP contribution in [-0.4, -0.2) is 118 Å². The summed E-state index contributed by atoms with van der Waals surface area (Å²) >= 11 is 0. The van der Waals surface area contributed by atoms with E-state index in [0.717, 1.165) is 40.0 Å². The Morgan fingerprint density at radius 2 is 1.71 bits per heavy atom. The number of piperazine rings is 1. The normalized spacial score (nSPS) is 16.2. The number of fused-ring (bicyclic) bond motifs is 2. The minimum atomic E-state index is -1.11. The van der Waals surface area contributed by atoms with Gasteiger partial charge in [0.15, 0.2) is 0 Å². The molecule has 6 amide bonds. The molecule has 4 N–H and O–H groups in total. The summed E-state index contributed by atoms with van der Waals surface area (Å²) in [6.45, 7) is 10.6. The van der Waals surface area contributed by atoms with Gasteiger partial charge in [0.1, 0.15) is 17.4 Å². The lowest BCUT2D eigenvalue weighted by molar-refractivity contribution is -0.136. The molecule has 0 spiro atoms. The summed E-state index contributed by atoms with van der Waals surface area (Å²) in [5.41, 5.74) is 4.28. The number of hydrogen-bond donors (Lipinski definition) is 4. The summed E-state index contributed by atoms with van der Waals surface area (Å²) in [5.74, 6) is -3.13. The van der Waals surface area contributed by atoms with E-state index in [1.54, 1.807) is 39.2 Å². The number of aryl methyl sites for hydroxylation is 1. The van der Waals surface area contributed by atoms with Crippen molar-refractivity contribution >= 4 is 81.0 Å². The maximum Gasteiger partial charge on any atom is 0.342 e. The van der Waals surface area contributed by atoms with E-state index in [0.29, 0.717) is 55.4 Å². The fraction of sp³-hybridized carbons (Fsp3) is 0.327. The van der Waals surface area contributed by atoms with Crippen LogP contribution in [0.1, 0.15) is 77.0 Å². The number of anilines is 5. The molecule has 3 aromatic carbocycles. The Balaban J connectivity index is 0.907. The fourth-order valence-corrected chi connectivity index (χ4v) is 8.77. The highest BCUT2D eigenvalue weighted by Gasteiger charge is 2.45. The van der Waals surface area contributed by atoms with Crippen molar-refractivity contribution in [3.63, 3.8) is 0 Å². The van der Waals surface area contributed by atoms with E-state index < -0.39 is 41.5 Å². The Labute approximate surface area is 391 Å². The lowest BCUT2D eigenvalue weighted by Gasteiger charge is -2.37. The third-order valence-electron chi connectivity index (χ3n) is 12.1. The number of carbonyl (C=O) groups excluding carboxylic acids is 7. The van der Waals surface area contributed by atoms with E-state index in [2.05, 4.69) is 42.6 Å². The summed E-state index contributed by atoms with van der Waals surface area (Å²) in [6, 6.07) is 14.9. The molecule has 19 nitrogen and oxygen atoms in total. The van der Waals surface area contributed by atoms with Crippen LogP contribution in [0.3, 0.4) is 0 Å². The molecule has 352 valence electrons. The Hall–Kier alpha value is -7.93. The van der Waals surface area contributed by atoms with Crippen LogP contribution in [0.4, 0.5) is 28.7 Å². The number of aromatic nitrogens is 3. The Kier molecular flexibility index (Phi) is 13.6. The second kappa shape index (κ2) is 19.9. The van der Waals surface area contributed by atoms with Crippen LogP contribution in [0, 0.1) is 0 Å². The standard InChI is InChI=1S/C49H52N10O9/c1-6-40(60)52-34-24-35(53-49-50-26-31(48(66)68-28(2)3)44(55-49)32-27-56(4)36-15-8-7-12-29(32)36)39(67-5)25-38(34)58-22-20-57(21-23-58)19-10-9-16-41(61)51-33-14-11-13-30-43(33)47(65)59(46(30)64)37-17-18-42(62)54-45(37)63/h6-8,11-15,24-28,37H,1,9-10,16-23H2,2-5H3,(H,51,61)(H,52,60)(H,50,53,55)(H,54,62,63). The van der Waals surface area contributed by atoms with Gasteiger partial charge in [-0.15, -0.1) is 0 Å². The lowest BCUT2D eigenvalue weighted by atomic mass is 10.0. The van der Waals surface area contributed by atoms with Crippen LogP contribution < -0.4 is 30.9 Å². The predicted molar refractivity (Wildman–Crippen MR) is 254 cm³/mol. The number of carbonyl (C=O) groups is 7. The maximum absolute atomic E-state index is 13.4. The molecule has 19 heteroatoms. The number of hydrogen-bond acceptors (Lipinski definition) is 14. The summed E-state index contributed by atoms with van der Waals surface area (Å²) in [6.07, 6.45) is 5.69. The van der Waals surface area contributed by atoms with E-state index in [4.69, 9.17) is 14.5 Å². The van der Waals surface area contributed by atoms with Gasteiger partial charge in [-0.2, -0.15) is 0 Å². The Morgan fingerprint density at radius 1 is 0.926 bits per heavy atom. The molecule has 3 aliphatic rings. The molecule has 0 bridgehead atoms. The zero-order valence-corrected chi connectivity index (χ0v) is 38.2. The number of methoxy groups -OCH3 is 1. The number of benzene rings is 3. The topological polar surface area (TPSA) is 226 Å². The van der Waals surface area contributed by atoms with Gasteiger partial charge in [0.2, 0.25) is 29.6 Å². The first-order valence-corrected chi connectivity index (χ1v) is 22.4. The molecule has 68 heavy (non-hydrogen) atoms. The average molecular weight is 925 g/mol. The molecule has 0 saturated carbocycles. The van der Waals surface area contributed by atoms with Crippen molar-refractivity contribution in [3.05, 3.63) is 96.3 Å². The summed E-state index contributed by atoms with van der Waals surface area (Å²) in [4.78, 5) is 105. The van der Waals surface area contributed by atoms with Crippen molar-refractivity contribution in [1.82, 2.24) is 29.7 Å². The molecule has 0 aliphatic carbocycles. The van der Waals surface area contributed by atoms with Crippen molar-refractivity contribution in [2.45, 2.75) is 58.1 Å². The zero-order chi connectivity index (χ0) is 48.2. The molecule has 5 heterocycles. The number of nitrogens with one attached hydrogen (secondary N) is 4. The first-order chi connectivity index (χ1) is 32.7. The Morgan fingerprint density at radius 3 is 2.44 bits per heavy atom. The lowest BCUT2D eigenvalue weighted by Crippen LogP contribution is -2.54. The van der Waals surface area contributed by atoms with Gasteiger partial charge in [0.25, 0.3) is 11.8 Å². The molecule has 0 radical (unpaired) electrons. The maximum atomic E-state index is 13.4. The predicted octanol–water partition coefficient (Wildman–Crippen LogP) is 5.41. The SMILES string of the molecule is C=CC(=O)Nc1cc(Nc2ncc(C(=O)OC(C)C)c(-c3cn(C)c4ccccc34)n2)c(OC)cc1N1CCN(CCCCC(=O)Nc2cccc3c2C(=O)N(C2CCC(=O)NC2=O)C3=O)CC1. The monoisotopic (exact) mass is 924 g/mol. The summed E-state index contributed by atoms with van der Waals surface area (Å²) in [7, 11) is 3.47. The molecule has 3 aliphatic heterocycles. The van der Waals surface area contributed by atoms with Crippen LogP contribution in [0.2, 0.25) is 0 Å². The number of para-hydroxylation sites is 1. The van der Waals surface area contributed by atoms with Gasteiger partial charge in [0.05, 0.1) is 52.8 Å². The third kappa shape index (κ3) is 9.64. The molecule has 2 aromatic heterocycles. The Bertz CT molecular complexity index is 2870. The molecule has 1 unspecified atom stereocenters. The quantitative estimate of drug-likeness (QED) is 0.0420. The van der Waals surface area contributed by atoms with E-state index in [1.807, 2.05) is 48.1 Å². The van der Waals surface area contributed by atoms with Gasteiger partial charge in [-0.1, -0.05) is 30.8 Å². The largest absolute Gasteiger partial charge is 0.494 e. The second-order valence-electron chi connectivity index (χ2n) is 17.0. The van der Waals surface area contributed by atoms with Gasteiger partial charge in [-0.05, 0) is 70.0 Å². The highest BCUT2D eigenvalue weighted by molar-refractivity contribution is 6.26. The molecule has 2 fully saturated rings. The zero-order valence-electron chi connectivity index (χ0n) is 38.2. The first kappa shape index (κ1) is 46.6. The van der Waals surface area contributed by atoms with Crippen molar-refractivity contribution in [1.29, 1.82) is 0 Å². The van der Waals surface area contributed by atoms with Crippen LogP contribution in [0.15, 0.2) is 79.6 Å². The van der Waals surface area contributed by atoms with E-state index in [9.17, 15) is 33.6 Å². The average Bonchev–Trinajstić information content (AvgIpc) is 3.79. The van der Waals surface area contributed by atoms with E-state index in [1.165, 1.54) is 18.3 Å². The summed E-state index contributed by atoms with van der Waals surface area (Å²) in [5, 5.41) is 12.1. The number of imide groups is 2. The van der Waals surface area contributed by atoms with Gasteiger partial charge in [-0.25, -0.2) is 14.8 Å². The van der Waals surface area contributed by atoms with E-state index >= 15 is 0 Å².